The van der Waals surface area contributed by atoms with Gasteiger partial charge in [-0.3, -0.25) is 4.68 Å². The maximum atomic E-state index is 6.10. The number of nitrogens with two attached hydrogens (primary N) is 1. The van der Waals surface area contributed by atoms with E-state index in [1.807, 2.05) is 19.4 Å². The molecule has 2 aromatic rings. The van der Waals surface area contributed by atoms with Crippen LogP contribution < -0.4 is 10.5 Å². The van der Waals surface area contributed by atoms with Gasteiger partial charge in [-0.05, 0) is 43.0 Å². The largest absolute Gasteiger partial charge is 0.488 e. The molecule has 0 saturated heterocycles. The number of rotatable bonds is 6. The van der Waals surface area contributed by atoms with E-state index in [0.29, 0.717) is 6.61 Å². The molecule has 2 rings (SSSR count). The Hall–Kier alpha value is -1.33. The monoisotopic (exact) mass is 351 g/mol. The molecule has 0 spiro atoms. The average molecular weight is 352 g/mol. The molecule has 1 aromatic carbocycles. The summed E-state index contributed by atoms with van der Waals surface area (Å²) >= 11 is 3.55. The summed E-state index contributed by atoms with van der Waals surface area (Å²) in [6.07, 6.45) is 5.56. The highest BCUT2D eigenvalue weighted by Crippen LogP contribution is 2.30. The molecule has 1 unspecified atom stereocenters. The van der Waals surface area contributed by atoms with E-state index in [4.69, 9.17) is 10.5 Å². The summed E-state index contributed by atoms with van der Waals surface area (Å²) in [6, 6.07) is 4.32. The van der Waals surface area contributed by atoms with Gasteiger partial charge in [0.15, 0.2) is 0 Å². The van der Waals surface area contributed by atoms with Crippen LogP contribution in [0.15, 0.2) is 29.0 Å². The van der Waals surface area contributed by atoms with Crippen molar-refractivity contribution >= 4 is 15.9 Å². The molecule has 2 N–H and O–H groups in total. The number of nitrogens with zero attached hydrogens (tertiary/aromatic N) is 2. The number of ether oxygens (including phenoxy) is 1. The Balaban J connectivity index is 2.19. The highest BCUT2D eigenvalue weighted by molar-refractivity contribution is 9.10. The quantitative estimate of drug-likeness (QED) is 0.868. The van der Waals surface area contributed by atoms with E-state index in [2.05, 4.69) is 47.0 Å². The van der Waals surface area contributed by atoms with Gasteiger partial charge in [0.1, 0.15) is 12.4 Å². The normalized spacial score (nSPS) is 12.4. The Labute approximate surface area is 134 Å². The zero-order valence-corrected chi connectivity index (χ0v) is 14.4. The molecule has 1 aromatic heterocycles. The number of aromatic nitrogens is 2. The van der Waals surface area contributed by atoms with Crippen LogP contribution in [-0.4, -0.2) is 15.8 Å². The molecule has 1 atom stereocenters. The molecule has 0 saturated carbocycles. The molecule has 114 valence electrons. The molecule has 0 amide bonds. The van der Waals surface area contributed by atoms with Crippen molar-refractivity contribution in [1.82, 2.24) is 9.78 Å². The number of hydrogen-bond donors (Lipinski definition) is 1. The van der Waals surface area contributed by atoms with E-state index in [0.717, 1.165) is 39.8 Å². The molecule has 1 heterocycles. The van der Waals surface area contributed by atoms with Gasteiger partial charge in [-0.15, -0.1) is 0 Å². The fraction of sp³-hybridized carbons (Fsp3) is 0.438. The summed E-state index contributed by atoms with van der Waals surface area (Å²) in [5, 5.41) is 4.16. The fourth-order valence-electron chi connectivity index (χ4n) is 2.29. The van der Waals surface area contributed by atoms with Gasteiger partial charge in [0.05, 0.1) is 6.20 Å². The molecule has 21 heavy (non-hydrogen) atoms. The molecule has 0 bridgehead atoms. The summed E-state index contributed by atoms with van der Waals surface area (Å²) in [7, 11) is 1.90. The first-order chi connectivity index (χ1) is 9.99. The Morgan fingerprint density at radius 2 is 2.19 bits per heavy atom. The van der Waals surface area contributed by atoms with E-state index >= 15 is 0 Å². The first-order valence-corrected chi connectivity index (χ1v) is 7.93. The van der Waals surface area contributed by atoms with Crippen LogP contribution in [0.2, 0.25) is 0 Å². The lowest BCUT2D eigenvalue weighted by atomic mass is 10.0. The van der Waals surface area contributed by atoms with E-state index in [-0.39, 0.29) is 6.04 Å². The number of aryl methyl sites for hydroxylation is 2. The lowest BCUT2D eigenvalue weighted by molar-refractivity contribution is 0.300. The molecule has 0 radical (unpaired) electrons. The van der Waals surface area contributed by atoms with E-state index in [9.17, 15) is 0 Å². The third-order valence-electron chi connectivity index (χ3n) is 3.46. The topological polar surface area (TPSA) is 53.1 Å². The Morgan fingerprint density at radius 1 is 1.43 bits per heavy atom. The Morgan fingerprint density at radius 3 is 2.81 bits per heavy atom. The molecule has 0 aliphatic heterocycles. The maximum Gasteiger partial charge on any atom is 0.126 e. The molecular weight excluding hydrogens is 330 g/mol. The van der Waals surface area contributed by atoms with E-state index < -0.39 is 0 Å². The predicted octanol–water partition coefficient (Wildman–Crippen LogP) is 3.35. The zero-order valence-electron chi connectivity index (χ0n) is 12.8. The van der Waals surface area contributed by atoms with Crippen LogP contribution in [0.1, 0.15) is 30.0 Å². The summed E-state index contributed by atoms with van der Waals surface area (Å²) in [4.78, 5) is 0. The summed E-state index contributed by atoms with van der Waals surface area (Å²) in [5.41, 5.74) is 9.43. The molecule has 5 heteroatoms. The average Bonchev–Trinajstić information content (AvgIpc) is 2.83. The van der Waals surface area contributed by atoms with Crippen LogP contribution in [0.3, 0.4) is 0 Å². The van der Waals surface area contributed by atoms with Gasteiger partial charge < -0.3 is 10.5 Å². The van der Waals surface area contributed by atoms with Gasteiger partial charge in [0, 0.05) is 29.3 Å². The molecule has 0 aliphatic rings. The van der Waals surface area contributed by atoms with Crippen molar-refractivity contribution in [1.29, 1.82) is 0 Å². The number of hydrogen-bond acceptors (Lipinski definition) is 3. The third kappa shape index (κ3) is 4.32. The van der Waals surface area contributed by atoms with E-state index in [1.54, 1.807) is 4.68 Å². The number of benzene rings is 1. The minimum absolute atomic E-state index is 0.152. The highest BCUT2D eigenvalue weighted by atomic mass is 79.9. The van der Waals surface area contributed by atoms with Gasteiger partial charge in [-0.25, -0.2) is 0 Å². The highest BCUT2D eigenvalue weighted by Gasteiger charge is 2.12. The second kappa shape index (κ2) is 7.09. The zero-order chi connectivity index (χ0) is 15.4. The van der Waals surface area contributed by atoms with Gasteiger partial charge >= 0.3 is 0 Å². The standard InChI is InChI=1S/C16H22BrN3O/c1-4-15(18)7-13-6-14(17)5-11(2)16(13)21-10-12-8-19-20(3)9-12/h5-6,8-9,15H,4,7,10,18H2,1-3H3. The van der Waals surface area contributed by atoms with Crippen LogP contribution in [0.5, 0.6) is 5.75 Å². The predicted molar refractivity (Wildman–Crippen MR) is 88.4 cm³/mol. The van der Waals surface area contributed by atoms with Crippen molar-refractivity contribution in [3.05, 3.63) is 45.7 Å². The van der Waals surface area contributed by atoms with Crippen molar-refractivity contribution in [3.8, 4) is 5.75 Å². The molecule has 0 fully saturated rings. The minimum atomic E-state index is 0.152. The van der Waals surface area contributed by atoms with Crippen LogP contribution in [-0.2, 0) is 20.1 Å². The lowest BCUT2D eigenvalue weighted by Gasteiger charge is -2.17. The van der Waals surface area contributed by atoms with Gasteiger partial charge in [0.25, 0.3) is 0 Å². The van der Waals surface area contributed by atoms with Gasteiger partial charge in [0.2, 0.25) is 0 Å². The minimum Gasteiger partial charge on any atom is -0.488 e. The third-order valence-corrected chi connectivity index (χ3v) is 3.92. The van der Waals surface area contributed by atoms with Crippen LogP contribution in [0.25, 0.3) is 0 Å². The molecule has 0 aliphatic carbocycles. The smallest absolute Gasteiger partial charge is 0.126 e. The van der Waals surface area contributed by atoms with Crippen molar-refractivity contribution in [2.45, 2.75) is 39.3 Å². The van der Waals surface area contributed by atoms with Crippen LogP contribution in [0.4, 0.5) is 0 Å². The Bertz CT molecular complexity index is 610. The summed E-state index contributed by atoms with van der Waals surface area (Å²) in [5.74, 6) is 0.936. The summed E-state index contributed by atoms with van der Waals surface area (Å²) < 4.78 is 8.88. The lowest BCUT2D eigenvalue weighted by Crippen LogP contribution is -2.22. The van der Waals surface area contributed by atoms with Crippen molar-refractivity contribution in [2.75, 3.05) is 0 Å². The molecular formula is C16H22BrN3O. The number of halogens is 1. The van der Waals surface area contributed by atoms with Crippen LogP contribution >= 0.6 is 15.9 Å². The van der Waals surface area contributed by atoms with Gasteiger partial charge in [-0.1, -0.05) is 22.9 Å². The Kier molecular flexibility index (Phi) is 5.42. The first-order valence-electron chi connectivity index (χ1n) is 7.14. The first kappa shape index (κ1) is 16.0. The fourth-order valence-corrected chi connectivity index (χ4v) is 2.91. The second-order valence-electron chi connectivity index (χ2n) is 5.39. The van der Waals surface area contributed by atoms with Crippen molar-refractivity contribution < 1.29 is 4.74 Å². The van der Waals surface area contributed by atoms with Crippen LogP contribution in [0, 0.1) is 6.92 Å². The second-order valence-corrected chi connectivity index (χ2v) is 6.31. The van der Waals surface area contributed by atoms with E-state index in [1.165, 1.54) is 0 Å². The van der Waals surface area contributed by atoms with Crippen molar-refractivity contribution in [3.63, 3.8) is 0 Å². The van der Waals surface area contributed by atoms with Gasteiger partial charge in [-0.2, -0.15) is 5.10 Å². The maximum absolute atomic E-state index is 6.10. The van der Waals surface area contributed by atoms with Crippen molar-refractivity contribution in [2.24, 2.45) is 12.8 Å². The molecule has 4 nitrogen and oxygen atoms in total. The summed E-state index contributed by atoms with van der Waals surface area (Å²) in [6.45, 7) is 4.68. The SMILES string of the molecule is CCC(N)Cc1cc(Br)cc(C)c1OCc1cnn(C)c1.